The van der Waals surface area contributed by atoms with Crippen molar-refractivity contribution in [1.29, 1.82) is 0 Å². The monoisotopic (exact) mass is 240 g/mol. The molecule has 0 bridgehead atoms. The minimum atomic E-state index is -4.66. The van der Waals surface area contributed by atoms with Gasteiger partial charge in [-0.3, -0.25) is 0 Å². The standard InChI is InChI=1S/C10H9ClF4/c1-2-8(11)6-3-4-7(9(12)5-6)10(13,14)15/h3-5,8H,2H2,1H3. The van der Waals surface area contributed by atoms with Gasteiger partial charge >= 0.3 is 6.18 Å². The Kier molecular flexibility index (Phi) is 3.60. The lowest BCUT2D eigenvalue weighted by Gasteiger charge is -2.11. The second-order valence-corrected chi connectivity index (χ2v) is 3.64. The van der Waals surface area contributed by atoms with Crippen molar-refractivity contribution >= 4 is 11.6 Å². The Balaban J connectivity index is 3.09. The molecule has 0 nitrogen and oxygen atoms in total. The molecule has 1 aromatic rings. The van der Waals surface area contributed by atoms with E-state index in [-0.39, 0.29) is 0 Å². The molecule has 0 saturated carbocycles. The zero-order valence-electron chi connectivity index (χ0n) is 7.91. The Morgan fingerprint density at radius 1 is 1.33 bits per heavy atom. The number of alkyl halides is 4. The van der Waals surface area contributed by atoms with Crippen LogP contribution in [0.3, 0.4) is 0 Å². The van der Waals surface area contributed by atoms with Gasteiger partial charge in [0.15, 0.2) is 0 Å². The predicted octanol–water partition coefficient (Wildman–Crippen LogP) is 4.53. The summed E-state index contributed by atoms with van der Waals surface area (Å²) in [6, 6.07) is 2.76. The topological polar surface area (TPSA) is 0 Å². The highest BCUT2D eigenvalue weighted by atomic mass is 35.5. The predicted molar refractivity (Wildman–Crippen MR) is 50.3 cm³/mol. The van der Waals surface area contributed by atoms with Gasteiger partial charge in [0.25, 0.3) is 0 Å². The molecular weight excluding hydrogens is 232 g/mol. The largest absolute Gasteiger partial charge is 0.419 e. The first-order valence-corrected chi connectivity index (χ1v) is 4.80. The molecule has 1 atom stereocenters. The third-order valence-corrected chi connectivity index (χ3v) is 2.58. The zero-order chi connectivity index (χ0) is 11.6. The summed E-state index contributed by atoms with van der Waals surface area (Å²) in [5.74, 6) is -1.28. The molecule has 0 aliphatic rings. The second-order valence-electron chi connectivity index (χ2n) is 3.11. The Morgan fingerprint density at radius 3 is 2.33 bits per heavy atom. The molecule has 84 valence electrons. The minimum absolute atomic E-state index is 0.365. The first-order chi connectivity index (χ1) is 6.86. The lowest BCUT2D eigenvalue weighted by atomic mass is 10.1. The van der Waals surface area contributed by atoms with E-state index in [2.05, 4.69) is 0 Å². The molecule has 5 heteroatoms. The third-order valence-electron chi connectivity index (χ3n) is 2.02. The van der Waals surface area contributed by atoms with Gasteiger partial charge in [-0.05, 0) is 24.1 Å². The summed E-state index contributed by atoms with van der Waals surface area (Å²) in [5.41, 5.74) is -0.893. The van der Waals surface area contributed by atoms with E-state index in [4.69, 9.17) is 11.6 Å². The lowest BCUT2D eigenvalue weighted by Crippen LogP contribution is -2.08. The van der Waals surface area contributed by atoms with Crippen LogP contribution in [0.2, 0.25) is 0 Å². The van der Waals surface area contributed by atoms with Gasteiger partial charge in [-0.1, -0.05) is 13.0 Å². The molecule has 0 heterocycles. The molecule has 0 amide bonds. The van der Waals surface area contributed by atoms with Crippen molar-refractivity contribution in [1.82, 2.24) is 0 Å². The van der Waals surface area contributed by atoms with Gasteiger partial charge < -0.3 is 0 Å². The molecule has 0 aliphatic carbocycles. The Hall–Kier alpha value is -0.770. The summed E-state index contributed by atoms with van der Waals surface area (Å²) < 4.78 is 49.6. The molecule has 0 N–H and O–H groups in total. The maximum atomic E-state index is 13.1. The molecule has 1 aromatic carbocycles. The molecule has 0 spiro atoms. The molecule has 15 heavy (non-hydrogen) atoms. The van der Waals surface area contributed by atoms with E-state index in [9.17, 15) is 17.6 Å². The van der Waals surface area contributed by atoms with Crippen molar-refractivity contribution in [3.05, 3.63) is 35.1 Å². The average Bonchev–Trinajstić information content (AvgIpc) is 2.14. The normalized spacial score (nSPS) is 14.0. The number of benzene rings is 1. The van der Waals surface area contributed by atoms with Gasteiger partial charge in [-0.25, -0.2) is 4.39 Å². The van der Waals surface area contributed by atoms with Crippen molar-refractivity contribution in [2.45, 2.75) is 24.9 Å². The van der Waals surface area contributed by atoms with Crippen LogP contribution >= 0.6 is 11.6 Å². The Labute approximate surface area is 89.9 Å². The van der Waals surface area contributed by atoms with Crippen LogP contribution in [0.1, 0.15) is 29.8 Å². The molecule has 0 radical (unpaired) electrons. The van der Waals surface area contributed by atoms with Gasteiger partial charge in [0.1, 0.15) is 5.82 Å². The highest BCUT2D eigenvalue weighted by Gasteiger charge is 2.34. The van der Waals surface area contributed by atoms with E-state index in [0.29, 0.717) is 12.0 Å². The summed E-state index contributed by atoms with van der Waals surface area (Å²) in [6.07, 6.45) is -4.12. The summed E-state index contributed by atoms with van der Waals surface area (Å²) in [4.78, 5) is 0. The van der Waals surface area contributed by atoms with Gasteiger partial charge in [0.2, 0.25) is 0 Å². The maximum absolute atomic E-state index is 13.1. The quantitative estimate of drug-likeness (QED) is 0.526. The molecular formula is C10H9ClF4. The van der Waals surface area contributed by atoms with E-state index < -0.39 is 22.9 Å². The molecule has 0 fully saturated rings. The van der Waals surface area contributed by atoms with Gasteiger partial charge in [0, 0.05) is 0 Å². The van der Waals surface area contributed by atoms with Crippen molar-refractivity contribution in [3.63, 3.8) is 0 Å². The molecule has 0 aromatic heterocycles. The van der Waals surface area contributed by atoms with Crippen LogP contribution in [-0.2, 0) is 6.18 Å². The van der Waals surface area contributed by atoms with Crippen molar-refractivity contribution < 1.29 is 17.6 Å². The fourth-order valence-corrected chi connectivity index (χ4v) is 1.33. The summed E-state index contributed by atoms with van der Waals surface area (Å²) in [6.45, 7) is 1.77. The maximum Gasteiger partial charge on any atom is 0.419 e. The Morgan fingerprint density at radius 2 is 1.93 bits per heavy atom. The third kappa shape index (κ3) is 2.84. The van der Waals surface area contributed by atoms with E-state index >= 15 is 0 Å². The molecule has 1 rings (SSSR count). The summed E-state index contributed by atoms with van der Waals surface area (Å²) in [5, 5.41) is -0.457. The molecule has 1 unspecified atom stereocenters. The average molecular weight is 241 g/mol. The Bertz CT molecular complexity index is 346. The summed E-state index contributed by atoms with van der Waals surface area (Å²) in [7, 11) is 0. The van der Waals surface area contributed by atoms with Crippen molar-refractivity contribution in [2.75, 3.05) is 0 Å². The zero-order valence-corrected chi connectivity index (χ0v) is 8.66. The van der Waals surface area contributed by atoms with Gasteiger partial charge in [-0.2, -0.15) is 13.2 Å². The van der Waals surface area contributed by atoms with Crippen LogP contribution in [-0.4, -0.2) is 0 Å². The van der Waals surface area contributed by atoms with Crippen LogP contribution in [0.15, 0.2) is 18.2 Å². The van der Waals surface area contributed by atoms with Crippen LogP contribution < -0.4 is 0 Å². The highest BCUT2D eigenvalue weighted by molar-refractivity contribution is 6.20. The molecule has 0 aliphatic heterocycles. The smallest absolute Gasteiger partial charge is 0.206 e. The summed E-state index contributed by atoms with van der Waals surface area (Å²) >= 11 is 5.78. The van der Waals surface area contributed by atoms with E-state index in [0.717, 1.165) is 12.1 Å². The number of hydrogen-bond acceptors (Lipinski definition) is 0. The van der Waals surface area contributed by atoms with Crippen LogP contribution in [0.4, 0.5) is 17.6 Å². The second kappa shape index (κ2) is 4.39. The lowest BCUT2D eigenvalue weighted by molar-refractivity contribution is -0.140. The minimum Gasteiger partial charge on any atom is -0.206 e. The van der Waals surface area contributed by atoms with Crippen LogP contribution in [0, 0.1) is 5.82 Å². The van der Waals surface area contributed by atoms with Gasteiger partial charge in [-0.15, -0.1) is 11.6 Å². The van der Waals surface area contributed by atoms with Crippen LogP contribution in [0.5, 0.6) is 0 Å². The van der Waals surface area contributed by atoms with Crippen molar-refractivity contribution in [3.8, 4) is 0 Å². The number of rotatable bonds is 2. The van der Waals surface area contributed by atoms with Crippen LogP contribution in [0.25, 0.3) is 0 Å². The number of halogens is 5. The fourth-order valence-electron chi connectivity index (χ4n) is 1.19. The molecule has 0 saturated heterocycles. The fraction of sp³-hybridized carbons (Fsp3) is 0.400. The van der Waals surface area contributed by atoms with E-state index in [1.165, 1.54) is 6.07 Å². The van der Waals surface area contributed by atoms with E-state index in [1.807, 2.05) is 0 Å². The number of hydrogen-bond donors (Lipinski definition) is 0. The first kappa shape index (κ1) is 12.3. The van der Waals surface area contributed by atoms with E-state index in [1.54, 1.807) is 6.92 Å². The van der Waals surface area contributed by atoms with Gasteiger partial charge in [0.05, 0.1) is 10.9 Å². The van der Waals surface area contributed by atoms with Crippen molar-refractivity contribution in [2.24, 2.45) is 0 Å². The SMILES string of the molecule is CCC(Cl)c1ccc(C(F)(F)F)c(F)c1. The first-order valence-electron chi connectivity index (χ1n) is 4.37. The highest BCUT2D eigenvalue weighted by Crippen LogP contribution is 2.33.